The van der Waals surface area contributed by atoms with Crippen LogP contribution in [0.1, 0.15) is 38.7 Å². The fourth-order valence-electron chi connectivity index (χ4n) is 1.71. The number of aromatic nitrogens is 1. The van der Waals surface area contributed by atoms with Gasteiger partial charge in [0, 0.05) is 32.3 Å². The minimum absolute atomic E-state index is 0.194. The summed E-state index contributed by atoms with van der Waals surface area (Å²) in [6, 6.07) is 2.60. The smallest absolute Gasteiger partial charge is 0.232 e. The minimum Gasteiger partial charge on any atom is -0.476 e. The van der Waals surface area contributed by atoms with E-state index in [0.717, 1.165) is 18.5 Å². The van der Waals surface area contributed by atoms with Crippen LogP contribution < -0.4 is 10.1 Å². The summed E-state index contributed by atoms with van der Waals surface area (Å²) < 4.78 is 11.0. The van der Waals surface area contributed by atoms with E-state index >= 15 is 0 Å². The van der Waals surface area contributed by atoms with E-state index in [2.05, 4.69) is 10.3 Å². The Balaban J connectivity index is 1.82. The van der Waals surface area contributed by atoms with Crippen molar-refractivity contribution in [3.63, 3.8) is 0 Å². The number of methoxy groups -OCH3 is 1. The maximum atomic E-state index is 6.20. The van der Waals surface area contributed by atoms with Crippen LogP contribution >= 0.6 is 11.6 Å². The van der Waals surface area contributed by atoms with Gasteiger partial charge < -0.3 is 14.8 Å². The lowest BCUT2D eigenvalue weighted by atomic mass is 10.1. The minimum atomic E-state index is -0.194. The van der Waals surface area contributed by atoms with Gasteiger partial charge in [0.05, 0.1) is 12.2 Å². The number of halogens is 1. The maximum absolute atomic E-state index is 6.20. The van der Waals surface area contributed by atoms with E-state index in [9.17, 15) is 0 Å². The summed E-state index contributed by atoms with van der Waals surface area (Å²) in [4.78, 5) is 4.29. The summed E-state index contributed by atoms with van der Waals surface area (Å²) in [5.41, 5.74) is 0.895. The number of nitrogens with one attached hydrogen (secondary N) is 1. The van der Waals surface area contributed by atoms with Crippen molar-refractivity contribution in [2.75, 3.05) is 13.7 Å². The van der Waals surface area contributed by atoms with Crippen molar-refractivity contribution in [1.82, 2.24) is 10.3 Å². The molecule has 0 amide bonds. The summed E-state index contributed by atoms with van der Waals surface area (Å²) in [5.74, 6) is 0.494. The highest BCUT2D eigenvalue weighted by Crippen LogP contribution is 2.24. The zero-order valence-corrected chi connectivity index (χ0v) is 13.2. The number of ether oxygens (including phenoxy) is 2. The van der Waals surface area contributed by atoms with E-state index in [1.165, 1.54) is 12.8 Å². The second-order valence-corrected chi connectivity index (χ2v) is 6.26. The highest BCUT2D eigenvalue weighted by molar-refractivity contribution is 6.31. The molecule has 0 saturated heterocycles. The molecule has 20 heavy (non-hydrogen) atoms. The predicted octanol–water partition coefficient (Wildman–Crippen LogP) is 3.18. The van der Waals surface area contributed by atoms with Crippen molar-refractivity contribution in [2.24, 2.45) is 0 Å². The zero-order valence-electron chi connectivity index (χ0n) is 12.4. The molecule has 112 valence electrons. The van der Waals surface area contributed by atoms with Gasteiger partial charge in [0.15, 0.2) is 0 Å². The van der Waals surface area contributed by atoms with Crippen LogP contribution in [0.15, 0.2) is 12.3 Å². The molecule has 1 aromatic rings. The summed E-state index contributed by atoms with van der Waals surface area (Å²) in [6.07, 6.45) is 5.15. The van der Waals surface area contributed by atoms with E-state index in [1.54, 1.807) is 7.11 Å². The predicted molar refractivity (Wildman–Crippen MR) is 80.3 cm³/mol. The average molecular weight is 299 g/mol. The molecular formula is C15H23ClN2O2. The standard InChI is InChI=1S/C15H23ClN2O2/c1-15(2,19-3)6-7-20-14-13(16)8-11(10-18-14)9-17-12-4-5-12/h8,10,12,17H,4-7,9H2,1-3H3. The summed E-state index contributed by atoms with van der Waals surface area (Å²) >= 11 is 6.20. The van der Waals surface area contributed by atoms with Gasteiger partial charge in [-0.15, -0.1) is 0 Å². The first-order valence-electron chi connectivity index (χ1n) is 7.06. The number of pyridine rings is 1. The van der Waals surface area contributed by atoms with Gasteiger partial charge in [-0.25, -0.2) is 4.98 Å². The fourth-order valence-corrected chi connectivity index (χ4v) is 1.96. The Morgan fingerprint density at radius 2 is 2.20 bits per heavy atom. The molecule has 0 unspecified atom stereocenters. The lowest BCUT2D eigenvalue weighted by molar-refractivity contribution is 0.00509. The van der Waals surface area contributed by atoms with Gasteiger partial charge in [-0.05, 0) is 38.3 Å². The Hall–Kier alpha value is -0.840. The van der Waals surface area contributed by atoms with Gasteiger partial charge in [-0.1, -0.05) is 11.6 Å². The normalized spacial score (nSPS) is 15.4. The third kappa shape index (κ3) is 4.93. The Labute approximate surface area is 125 Å². The number of hydrogen-bond donors (Lipinski definition) is 1. The van der Waals surface area contributed by atoms with Crippen molar-refractivity contribution in [1.29, 1.82) is 0 Å². The third-order valence-corrected chi connectivity index (χ3v) is 3.80. The molecule has 0 aromatic carbocycles. The van der Waals surface area contributed by atoms with Gasteiger partial charge in [0.25, 0.3) is 0 Å². The van der Waals surface area contributed by atoms with Crippen molar-refractivity contribution < 1.29 is 9.47 Å². The lowest BCUT2D eigenvalue weighted by Crippen LogP contribution is -2.25. The molecule has 0 atom stereocenters. The molecule has 1 fully saturated rings. The van der Waals surface area contributed by atoms with Crippen molar-refractivity contribution in [3.8, 4) is 5.88 Å². The molecule has 0 aliphatic heterocycles. The molecule has 1 aliphatic carbocycles. The van der Waals surface area contributed by atoms with E-state index in [4.69, 9.17) is 21.1 Å². The van der Waals surface area contributed by atoms with E-state index in [-0.39, 0.29) is 5.60 Å². The van der Waals surface area contributed by atoms with Gasteiger partial charge in [0.2, 0.25) is 5.88 Å². The van der Waals surface area contributed by atoms with Crippen molar-refractivity contribution in [3.05, 3.63) is 22.8 Å². The highest BCUT2D eigenvalue weighted by Gasteiger charge is 2.20. The number of rotatable bonds is 8. The molecule has 0 bridgehead atoms. The maximum Gasteiger partial charge on any atom is 0.232 e. The van der Waals surface area contributed by atoms with Crippen LogP contribution in [0.5, 0.6) is 5.88 Å². The monoisotopic (exact) mass is 298 g/mol. The first kappa shape index (κ1) is 15.5. The summed E-state index contributed by atoms with van der Waals surface area (Å²) in [5, 5.41) is 4.00. The molecule has 4 nitrogen and oxygen atoms in total. The largest absolute Gasteiger partial charge is 0.476 e. The molecule has 0 spiro atoms. The first-order valence-corrected chi connectivity index (χ1v) is 7.44. The highest BCUT2D eigenvalue weighted by atomic mass is 35.5. The average Bonchev–Trinajstić information content (AvgIpc) is 3.23. The van der Waals surface area contributed by atoms with Gasteiger partial charge >= 0.3 is 0 Å². The molecule has 1 N–H and O–H groups in total. The number of nitrogens with zero attached hydrogens (tertiary/aromatic N) is 1. The van der Waals surface area contributed by atoms with Crippen LogP contribution in [-0.2, 0) is 11.3 Å². The van der Waals surface area contributed by atoms with Crippen LogP contribution in [0.3, 0.4) is 0 Å². The molecular weight excluding hydrogens is 276 g/mol. The van der Waals surface area contributed by atoms with Crippen molar-refractivity contribution in [2.45, 2.75) is 51.3 Å². The quantitative estimate of drug-likeness (QED) is 0.800. The zero-order chi connectivity index (χ0) is 14.6. The number of hydrogen-bond acceptors (Lipinski definition) is 4. The molecule has 1 aliphatic rings. The third-order valence-electron chi connectivity index (χ3n) is 3.53. The van der Waals surface area contributed by atoms with Crippen LogP contribution in [-0.4, -0.2) is 30.3 Å². The van der Waals surface area contributed by atoms with E-state index in [1.807, 2.05) is 26.1 Å². The summed E-state index contributed by atoms with van der Waals surface area (Å²) in [6.45, 7) is 5.40. The van der Waals surface area contributed by atoms with Crippen LogP contribution in [0, 0.1) is 0 Å². The van der Waals surface area contributed by atoms with Gasteiger partial charge in [0.1, 0.15) is 5.02 Å². The molecule has 1 heterocycles. The Bertz CT molecular complexity index is 447. The van der Waals surface area contributed by atoms with Crippen LogP contribution in [0.4, 0.5) is 0 Å². The molecule has 0 radical (unpaired) electrons. The van der Waals surface area contributed by atoms with E-state index < -0.39 is 0 Å². The van der Waals surface area contributed by atoms with Crippen LogP contribution in [0.25, 0.3) is 0 Å². The lowest BCUT2D eigenvalue weighted by Gasteiger charge is -2.22. The molecule has 1 saturated carbocycles. The first-order chi connectivity index (χ1) is 9.50. The molecule has 5 heteroatoms. The van der Waals surface area contributed by atoms with E-state index in [0.29, 0.717) is 23.6 Å². The Kier molecular flexibility index (Phi) is 5.24. The van der Waals surface area contributed by atoms with Gasteiger partial charge in [-0.3, -0.25) is 0 Å². The fraction of sp³-hybridized carbons (Fsp3) is 0.667. The van der Waals surface area contributed by atoms with Crippen molar-refractivity contribution >= 4 is 11.6 Å². The molecule has 1 aromatic heterocycles. The molecule has 2 rings (SSSR count). The SMILES string of the molecule is COC(C)(C)CCOc1ncc(CNC2CC2)cc1Cl. The van der Waals surface area contributed by atoms with Crippen LogP contribution in [0.2, 0.25) is 5.02 Å². The van der Waals surface area contributed by atoms with Gasteiger partial charge in [-0.2, -0.15) is 0 Å². The second kappa shape index (κ2) is 6.74. The topological polar surface area (TPSA) is 43.4 Å². The summed E-state index contributed by atoms with van der Waals surface area (Å²) in [7, 11) is 1.70. The Morgan fingerprint density at radius 3 is 2.80 bits per heavy atom. The Morgan fingerprint density at radius 1 is 1.45 bits per heavy atom. The second-order valence-electron chi connectivity index (χ2n) is 5.85.